The summed E-state index contributed by atoms with van der Waals surface area (Å²) >= 11 is 11.6. The first-order chi connectivity index (χ1) is 12.5. The van der Waals surface area contributed by atoms with E-state index in [0.29, 0.717) is 5.02 Å². The largest absolute Gasteiger partial charge is 0.322 e. The third-order valence-electron chi connectivity index (χ3n) is 4.36. The van der Waals surface area contributed by atoms with Gasteiger partial charge in [0.15, 0.2) is 0 Å². The molecule has 0 spiro atoms. The summed E-state index contributed by atoms with van der Waals surface area (Å²) in [6, 6.07) is 12.1. The van der Waals surface area contributed by atoms with E-state index in [1.54, 1.807) is 6.07 Å². The molecule has 0 saturated carbocycles. The van der Waals surface area contributed by atoms with Gasteiger partial charge in [0.25, 0.3) is 0 Å². The number of piperazine rings is 1. The third-order valence-corrected chi connectivity index (χ3v) is 4.84. The average Bonchev–Trinajstić information content (AvgIpc) is 2.61. The Labute approximate surface area is 162 Å². The summed E-state index contributed by atoms with van der Waals surface area (Å²) in [5.41, 5.74) is 1.37. The van der Waals surface area contributed by atoms with Crippen LogP contribution in [0.3, 0.4) is 0 Å². The van der Waals surface area contributed by atoms with Crippen molar-refractivity contribution in [1.82, 2.24) is 9.80 Å². The van der Waals surface area contributed by atoms with Crippen LogP contribution in [0.1, 0.15) is 5.56 Å². The van der Waals surface area contributed by atoms with Crippen LogP contribution >= 0.6 is 23.2 Å². The topological polar surface area (TPSA) is 35.6 Å². The number of nitrogens with one attached hydrogen (secondary N) is 1. The van der Waals surface area contributed by atoms with E-state index >= 15 is 0 Å². The van der Waals surface area contributed by atoms with Gasteiger partial charge in [-0.15, -0.1) is 0 Å². The van der Waals surface area contributed by atoms with Crippen LogP contribution in [0.5, 0.6) is 0 Å². The van der Waals surface area contributed by atoms with Gasteiger partial charge >= 0.3 is 0 Å². The number of benzene rings is 2. The zero-order chi connectivity index (χ0) is 18.5. The number of amides is 1. The summed E-state index contributed by atoms with van der Waals surface area (Å²) in [7, 11) is 0. The Morgan fingerprint density at radius 1 is 0.962 bits per heavy atom. The molecule has 0 bridgehead atoms. The van der Waals surface area contributed by atoms with Crippen LogP contribution in [0.4, 0.5) is 10.1 Å². The van der Waals surface area contributed by atoms with Gasteiger partial charge in [0.05, 0.1) is 12.2 Å². The fourth-order valence-corrected chi connectivity index (χ4v) is 3.22. The standard InChI is InChI=1S/C19H20Cl2FN3O/c20-15-3-1-14(2-4-15)12-24-7-9-25(10-8-24)13-19(26)23-18-6-5-16(21)11-17(18)22/h1-6,11H,7-10,12-13H2,(H,23,26). The lowest BCUT2D eigenvalue weighted by atomic mass is 10.2. The van der Waals surface area contributed by atoms with Gasteiger partial charge in [-0.2, -0.15) is 0 Å². The lowest BCUT2D eigenvalue weighted by Crippen LogP contribution is -2.48. The van der Waals surface area contributed by atoms with Crippen LogP contribution < -0.4 is 5.32 Å². The second kappa shape index (κ2) is 8.82. The molecular formula is C19H20Cl2FN3O. The lowest BCUT2D eigenvalue weighted by Gasteiger charge is -2.34. The molecular weight excluding hydrogens is 376 g/mol. The summed E-state index contributed by atoms with van der Waals surface area (Å²) in [4.78, 5) is 16.6. The summed E-state index contributed by atoms with van der Waals surface area (Å²) < 4.78 is 13.7. The number of nitrogens with zero attached hydrogens (tertiary/aromatic N) is 2. The minimum atomic E-state index is -0.529. The Kier molecular flexibility index (Phi) is 6.48. The minimum Gasteiger partial charge on any atom is -0.322 e. The fraction of sp³-hybridized carbons (Fsp3) is 0.316. The van der Waals surface area contributed by atoms with Crippen molar-refractivity contribution in [3.8, 4) is 0 Å². The number of anilines is 1. The molecule has 26 heavy (non-hydrogen) atoms. The van der Waals surface area contributed by atoms with Gasteiger partial charge in [0.1, 0.15) is 5.82 Å². The average molecular weight is 396 g/mol. The van der Waals surface area contributed by atoms with Crippen LogP contribution in [-0.2, 0) is 11.3 Å². The first kappa shape index (κ1) is 19.1. The van der Waals surface area contributed by atoms with Crippen LogP contribution in [-0.4, -0.2) is 48.4 Å². The third kappa shape index (κ3) is 5.42. The zero-order valence-corrected chi connectivity index (χ0v) is 15.7. The number of rotatable bonds is 5. The normalized spacial score (nSPS) is 15.8. The number of hydrogen-bond acceptors (Lipinski definition) is 3. The monoisotopic (exact) mass is 395 g/mol. The van der Waals surface area contributed by atoms with E-state index in [-0.39, 0.29) is 18.1 Å². The van der Waals surface area contributed by atoms with Gasteiger partial charge in [-0.25, -0.2) is 4.39 Å². The van der Waals surface area contributed by atoms with Crippen molar-refractivity contribution >= 4 is 34.8 Å². The quantitative estimate of drug-likeness (QED) is 0.833. The molecule has 2 aromatic rings. The van der Waals surface area contributed by atoms with Gasteiger partial charge in [0, 0.05) is 42.8 Å². The smallest absolute Gasteiger partial charge is 0.238 e. The predicted molar refractivity (Wildman–Crippen MR) is 103 cm³/mol. The van der Waals surface area contributed by atoms with Gasteiger partial charge < -0.3 is 5.32 Å². The predicted octanol–water partition coefficient (Wildman–Crippen LogP) is 3.89. The highest BCUT2D eigenvalue weighted by atomic mass is 35.5. The molecule has 1 heterocycles. The van der Waals surface area contributed by atoms with Gasteiger partial charge in [0.2, 0.25) is 5.91 Å². The van der Waals surface area contributed by atoms with Gasteiger partial charge in [-0.05, 0) is 35.9 Å². The summed E-state index contributed by atoms with van der Waals surface area (Å²) in [6.45, 7) is 4.47. The molecule has 1 amide bonds. The fourth-order valence-electron chi connectivity index (χ4n) is 2.94. The molecule has 7 heteroatoms. The molecule has 0 aliphatic carbocycles. The van der Waals surface area contributed by atoms with Crippen molar-refractivity contribution in [3.63, 3.8) is 0 Å². The van der Waals surface area contributed by atoms with E-state index in [1.807, 2.05) is 24.3 Å². The number of carbonyl (C=O) groups excluding carboxylic acids is 1. The number of carbonyl (C=O) groups is 1. The second-order valence-electron chi connectivity index (χ2n) is 6.35. The van der Waals surface area contributed by atoms with E-state index < -0.39 is 5.82 Å². The molecule has 0 aromatic heterocycles. The molecule has 1 fully saturated rings. The molecule has 4 nitrogen and oxygen atoms in total. The molecule has 0 atom stereocenters. The van der Waals surface area contributed by atoms with Crippen LogP contribution in [0.25, 0.3) is 0 Å². The lowest BCUT2D eigenvalue weighted by molar-refractivity contribution is -0.117. The maximum absolute atomic E-state index is 13.7. The second-order valence-corrected chi connectivity index (χ2v) is 7.22. The minimum absolute atomic E-state index is 0.153. The van der Waals surface area contributed by atoms with Crippen LogP contribution in [0, 0.1) is 5.82 Å². The van der Waals surface area contributed by atoms with Crippen molar-refractivity contribution in [2.75, 3.05) is 38.0 Å². The van der Waals surface area contributed by atoms with Crippen molar-refractivity contribution in [3.05, 3.63) is 63.9 Å². The zero-order valence-electron chi connectivity index (χ0n) is 14.2. The Hall–Kier alpha value is -1.66. The maximum atomic E-state index is 13.7. The maximum Gasteiger partial charge on any atom is 0.238 e. The van der Waals surface area contributed by atoms with E-state index in [1.165, 1.54) is 17.7 Å². The Balaban J connectivity index is 1.44. The van der Waals surface area contributed by atoms with Crippen molar-refractivity contribution in [1.29, 1.82) is 0 Å². The highest BCUT2D eigenvalue weighted by Crippen LogP contribution is 2.19. The Morgan fingerprint density at radius 2 is 1.58 bits per heavy atom. The first-order valence-corrected chi connectivity index (χ1v) is 9.19. The van der Waals surface area contributed by atoms with Crippen molar-refractivity contribution in [2.24, 2.45) is 0 Å². The van der Waals surface area contributed by atoms with Gasteiger partial charge in [-0.3, -0.25) is 14.6 Å². The van der Waals surface area contributed by atoms with E-state index in [4.69, 9.17) is 23.2 Å². The Morgan fingerprint density at radius 3 is 2.23 bits per heavy atom. The number of hydrogen-bond donors (Lipinski definition) is 1. The molecule has 1 N–H and O–H groups in total. The molecule has 138 valence electrons. The van der Waals surface area contributed by atoms with Crippen molar-refractivity contribution < 1.29 is 9.18 Å². The summed E-state index contributed by atoms with van der Waals surface area (Å²) in [5.74, 6) is -0.754. The summed E-state index contributed by atoms with van der Waals surface area (Å²) in [5, 5.41) is 3.64. The molecule has 0 radical (unpaired) electrons. The van der Waals surface area contributed by atoms with Crippen LogP contribution in [0.2, 0.25) is 10.0 Å². The van der Waals surface area contributed by atoms with Gasteiger partial charge in [-0.1, -0.05) is 35.3 Å². The molecule has 1 saturated heterocycles. The van der Waals surface area contributed by atoms with E-state index in [0.717, 1.165) is 37.7 Å². The Bertz CT molecular complexity index is 762. The molecule has 3 rings (SSSR count). The van der Waals surface area contributed by atoms with E-state index in [2.05, 4.69) is 15.1 Å². The van der Waals surface area contributed by atoms with Crippen molar-refractivity contribution in [2.45, 2.75) is 6.54 Å². The molecule has 2 aromatic carbocycles. The number of halogens is 3. The first-order valence-electron chi connectivity index (χ1n) is 8.43. The SMILES string of the molecule is O=C(CN1CCN(Cc2ccc(Cl)cc2)CC1)Nc1ccc(Cl)cc1F. The van der Waals surface area contributed by atoms with Crippen LogP contribution in [0.15, 0.2) is 42.5 Å². The molecule has 0 unspecified atom stereocenters. The van der Waals surface area contributed by atoms with E-state index in [9.17, 15) is 9.18 Å². The molecule has 1 aliphatic rings. The summed E-state index contributed by atoms with van der Waals surface area (Å²) in [6.07, 6.45) is 0. The molecule has 1 aliphatic heterocycles. The highest BCUT2D eigenvalue weighted by Gasteiger charge is 2.19. The highest BCUT2D eigenvalue weighted by molar-refractivity contribution is 6.30.